The molecule has 94 valence electrons. The minimum Gasteiger partial charge on any atom is -0.380 e. The quantitative estimate of drug-likeness (QED) is 0.922. The van der Waals surface area contributed by atoms with E-state index in [-0.39, 0.29) is 0 Å². The zero-order valence-corrected chi connectivity index (χ0v) is 11.6. The van der Waals surface area contributed by atoms with Crippen molar-refractivity contribution in [2.45, 2.75) is 13.2 Å². The molecule has 2 rings (SSSR count). The van der Waals surface area contributed by atoms with Crippen molar-refractivity contribution >= 4 is 21.9 Å². The summed E-state index contributed by atoms with van der Waals surface area (Å²) in [7, 11) is 1.70. The lowest BCUT2D eigenvalue weighted by atomic mass is 10.1. The molecule has 0 saturated carbocycles. The third kappa shape index (κ3) is 3.51. The Morgan fingerprint density at radius 1 is 1.17 bits per heavy atom. The van der Waals surface area contributed by atoms with E-state index in [0.29, 0.717) is 19.1 Å². The minimum atomic E-state index is 0.610. The van der Waals surface area contributed by atoms with Crippen molar-refractivity contribution in [3.8, 4) is 0 Å². The summed E-state index contributed by atoms with van der Waals surface area (Å²) in [4.78, 5) is 8.34. The SMILES string of the molecule is COCc1ccccc1CNc1ncc(Br)cn1. The van der Waals surface area contributed by atoms with E-state index < -0.39 is 0 Å². The van der Waals surface area contributed by atoms with E-state index in [1.807, 2.05) is 12.1 Å². The van der Waals surface area contributed by atoms with Crippen molar-refractivity contribution < 1.29 is 4.74 Å². The Morgan fingerprint density at radius 3 is 2.50 bits per heavy atom. The summed E-state index contributed by atoms with van der Waals surface area (Å²) in [6.07, 6.45) is 3.44. The lowest BCUT2D eigenvalue weighted by Crippen LogP contribution is -2.06. The van der Waals surface area contributed by atoms with Crippen LogP contribution in [0.25, 0.3) is 0 Å². The van der Waals surface area contributed by atoms with Gasteiger partial charge in [-0.05, 0) is 27.1 Å². The zero-order chi connectivity index (χ0) is 12.8. The number of ether oxygens (including phenoxy) is 1. The van der Waals surface area contributed by atoms with Crippen LogP contribution in [-0.4, -0.2) is 17.1 Å². The number of anilines is 1. The predicted molar refractivity (Wildman–Crippen MR) is 74.2 cm³/mol. The molecule has 5 heteroatoms. The fourth-order valence-corrected chi connectivity index (χ4v) is 1.81. The first-order valence-electron chi connectivity index (χ1n) is 5.56. The van der Waals surface area contributed by atoms with Crippen molar-refractivity contribution in [1.82, 2.24) is 9.97 Å². The third-order valence-electron chi connectivity index (χ3n) is 2.48. The number of benzene rings is 1. The molecule has 0 aliphatic rings. The maximum absolute atomic E-state index is 5.17. The van der Waals surface area contributed by atoms with Crippen molar-refractivity contribution in [3.05, 3.63) is 52.3 Å². The molecule has 0 fully saturated rings. The largest absolute Gasteiger partial charge is 0.380 e. The molecule has 0 aliphatic heterocycles. The van der Waals surface area contributed by atoms with Crippen LogP contribution in [0, 0.1) is 0 Å². The van der Waals surface area contributed by atoms with Crippen LogP contribution in [0.5, 0.6) is 0 Å². The van der Waals surface area contributed by atoms with Crippen LogP contribution in [0.15, 0.2) is 41.1 Å². The number of rotatable bonds is 5. The Morgan fingerprint density at radius 2 is 1.83 bits per heavy atom. The van der Waals surface area contributed by atoms with Gasteiger partial charge in [-0.2, -0.15) is 0 Å². The van der Waals surface area contributed by atoms with Gasteiger partial charge in [-0.15, -0.1) is 0 Å². The number of nitrogens with zero attached hydrogens (tertiary/aromatic N) is 2. The van der Waals surface area contributed by atoms with E-state index in [0.717, 1.165) is 4.47 Å². The summed E-state index contributed by atoms with van der Waals surface area (Å²) < 4.78 is 6.04. The molecule has 0 aliphatic carbocycles. The van der Waals surface area contributed by atoms with E-state index >= 15 is 0 Å². The van der Waals surface area contributed by atoms with Gasteiger partial charge in [0.15, 0.2) is 0 Å². The monoisotopic (exact) mass is 307 g/mol. The molecule has 0 radical (unpaired) electrons. The fraction of sp³-hybridized carbons (Fsp3) is 0.231. The topological polar surface area (TPSA) is 47.0 Å². The Kier molecular flexibility index (Phi) is 4.66. The second-order valence-corrected chi connectivity index (χ2v) is 4.70. The number of halogens is 1. The average Bonchev–Trinajstić information content (AvgIpc) is 2.40. The highest BCUT2D eigenvalue weighted by Crippen LogP contribution is 2.12. The summed E-state index contributed by atoms with van der Waals surface area (Å²) in [5.41, 5.74) is 2.36. The van der Waals surface area contributed by atoms with Crippen LogP contribution in [-0.2, 0) is 17.9 Å². The first-order chi connectivity index (χ1) is 8.79. The molecule has 0 atom stereocenters. The second kappa shape index (κ2) is 6.47. The minimum absolute atomic E-state index is 0.610. The fourth-order valence-electron chi connectivity index (χ4n) is 1.60. The summed E-state index contributed by atoms with van der Waals surface area (Å²) in [5.74, 6) is 0.616. The third-order valence-corrected chi connectivity index (χ3v) is 2.89. The van der Waals surface area contributed by atoms with E-state index in [2.05, 4.69) is 43.3 Å². The van der Waals surface area contributed by atoms with Gasteiger partial charge < -0.3 is 10.1 Å². The van der Waals surface area contributed by atoms with Gasteiger partial charge in [0.25, 0.3) is 0 Å². The molecule has 0 saturated heterocycles. The molecule has 0 bridgehead atoms. The molecule has 1 aromatic carbocycles. The smallest absolute Gasteiger partial charge is 0.222 e. The molecule has 0 amide bonds. The molecule has 18 heavy (non-hydrogen) atoms. The summed E-state index contributed by atoms with van der Waals surface area (Å²) in [5, 5.41) is 3.19. The molecule has 2 aromatic rings. The van der Waals surface area contributed by atoms with Crippen LogP contribution in [0.4, 0.5) is 5.95 Å². The normalized spacial score (nSPS) is 10.3. The van der Waals surface area contributed by atoms with E-state index in [4.69, 9.17) is 4.74 Å². The Labute approximate surface area is 115 Å². The Bertz CT molecular complexity index is 502. The zero-order valence-electron chi connectivity index (χ0n) is 10.1. The summed E-state index contributed by atoms with van der Waals surface area (Å²) >= 11 is 3.30. The van der Waals surface area contributed by atoms with Crippen LogP contribution in [0.3, 0.4) is 0 Å². The average molecular weight is 308 g/mol. The van der Waals surface area contributed by atoms with Crippen LogP contribution < -0.4 is 5.32 Å². The standard InChI is InChI=1S/C13H14BrN3O/c1-18-9-11-5-3-2-4-10(11)6-15-13-16-7-12(14)8-17-13/h2-5,7-8H,6,9H2,1H3,(H,15,16,17). The number of hydrogen-bond acceptors (Lipinski definition) is 4. The van der Waals surface area contributed by atoms with Crippen LogP contribution in [0.1, 0.15) is 11.1 Å². The van der Waals surface area contributed by atoms with E-state index in [9.17, 15) is 0 Å². The molecular formula is C13H14BrN3O. The maximum atomic E-state index is 5.17. The van der Waals surface area contributed by atoms with Gasteiger partial charge in [0.1, 0.15) is 0 Å². The van der Waals surface area contributed by atoms with Crippen molar-refractivity contribution in [3.63, 3.8) is 0 Å². The first kappa shape index (κ1) is 13.0. The van der Waals surface area contributed by atoms with Crippen molar-refractivity contribution in [2.24, 2.45) is 0 Å². The van der Waals surface area contributed by atoms with E-state index in [1.165, 1.54) is 11.1 Å². The molecule has 1 aromatic heterocycles. The number of hydrogen-bond donors (Lipinski definition) is 1. The Balaban J connectivity index is 2.03. The van der Waals surface area contributed by atoms with Crippen molar-refractivity contribution in [2.75, 3.05) is 12.4 Å². The number of nitrogens with one attached hydrogen (secondary N) is 1. The second-order valence-electron chi connectivity index (χ2n) is 3.78. The number of methoxy groups -OCH3 is 1. The molecular weight excluding hydrogens is 294 g/mol. The highest BCUT2D eigenvalue weighted by atomic mass is 79.9. The first-order valence-corrected chi connectivity index (χ1v) is 6.36. The molecule has 1 heterocycles. The molecule has 4 nitrogen and oxygen atoms in total. The molecule has 0 unspecified atom stereocenters. The van der Waals surface area contributed by atoms with Gasteiger partial charge in [0, 0.05) is 26.0 Å². The van der Waals surface area contributed by atoms with Gasteiger partial charge in [0.05, 0.1) is 11.1 Å². The highest BCUT2D eigenvalue weighted by molar-refractivity contribution is 9.10. The Hall–Kier alpha value is -1.46. The number of aromatic nitrogens is 2. The molecule has 0 spiro atoms. The van der Waals surface area contributed by atoms with Crippen LogP contribution in [0.2, 0.25) is 0 Å². The lowest BCUT2D eigenvalue weighted by Gasteiger charge is -2.09. The van der Waals surface area contributed by atoms with Gasteiger partial charge in [0.2, 0.25) is 5.95 Å². The van der Waals surface area contributed by atoms with E-state index in [1.54, 1.807) is 19.5 Å². The van der Waals surface area contributed by atoms with Crippen LogP contribution >= 0.6 is 15.9 Å². The lowest BCUT2D eigenvalue weighted by molar-refractivity contribution is 0.184. The van der Waals surface area contributed by atoms with Crippen molar-refractivity contribution in [1.29, 1.82) is 0 Å². The van der Waals surface area contributed by atoms with Gasteiger partial charge in [-0.1, -0.05) is 24.3 Å². The van der Waals surface area contributed by atoms with Gasteiger partial charge >= 0.3 is 0 Å². The highest BCUT2D eigenvalue weighted by Gasteiger charge is 2.02. The predicted octanol–water partition coefficient (Wildman–Crippen LogP) is 3.00. The van der Waals surface area contributed by atoms with Gasteiger partial charge in [-0.3, -0.25) is 0 Å². The van der Waals surface area contributed by atoms with Gasteiger partial charge in [-0.25, -0.2) is 9.97 Å². The maximum Gasteiger partial charge on any atom is 0.222 e. The summed E-state index contributed by atoms with van der Waals surface area (Å²) in [6, 6.07) is 8.15. The summed E-state index contributed by atoms with van der Waals surface area (Å²) in [6.45, 7) is 1.29. The molecule has 1 N–H and O–H groups in total.